The number of methoxy groups -OCH3 is 1. The summed E-state index contributed by atoms with van der Waals surface area (Å²) in [5, 5.41) is 4.42. The van der Waals surface area contributed by atoms with Crippen molar-refractivity contribution in [2.75, 3.05) is 25.9 Å². The number of nitrogens with two attached hydrogens (primary N) is 1. The number of hydrogen-bond acceptors (Lipinski definition) is 5. The fourth-order valence-electron chi connectivity index (χ4n) is 5.00. The molecular weight excluding hydrogens is 374 g/mol. The van der Waals surface area contributed by atoms with Gasteiger partial charge in [0.05, 0.1) is 12.5 Å². The van der Waals surface area contributed by atoms with Gasteiger partial charge in [0.25, 0.3) is 0 Å². The molecule has 1 aliphatic heterocycles. The first-order chi connectivity index (χ1) is 14.6. The molecule has 0 amide bonds. The minimum absolute atomic E-state index is 0.498. The van der Waals surface area contributed by atoms with Crippen molar-refractivity contribution in [1.82, 2.24) is 19.9 Å². The predicted octanol–water partition coefficient (Wildman–Crippen LogP) is 4.16. The Kier molecular flexibility index (Phi) is 4.74. The first-order valence-electron chi connectivity index (χ1n) is 10.8. The van der Waals surface area contributed by atoms with Gasteiger partial charge < -0.3 is 20.4 Å². The molecule has 156 valence electrons. The van der Waals surface area contributed by atoms with Crippen LogP contribution in [0.15, 0.2) is 36.4 Å². The quantitative estimate of drug-likeness (QED) is 0.686. The zero-order chi connectivity index (χ0) is 20.7. The van der Waals surface area contributed by atoms with Crippen LogP contribution >= 0.6 is 0 Å². The van der Waals surface area contributed by atoms with Crippen LogP contribution in [-0.4, -0.2) is 34.7 Å². The summed E-state index contributed by atoms with van der Waals surface area (Å²) in [6.07, 6.45) is 8.57. The molecule has 1 aromatic carbocycles. The molecule has 0 bridgehead atoms. The van der Waals surface area contributed by atoms with Gasteiger partial charge in [-0.2, -0.15) is 0 Å². The van der Waals surface area contributed by atoms with E-state index in [9.17, 15) is 0 Å². The monoisotopic (exact) mass is 403 g/mol. The van der Waals surface area contributed by atoms with Gasteiger partial charge in [-0.15, -0.1) is 0 Å². The molecule has 2 aliphatic rings. The van der Waals surface area contributed by atoms with E-state index < -0.39 is 0 Å². The van der Waals surface area contributed by atoms with E-state index in [0.717, 1.165) is 41.9 Å². The molecule has 6 heteroatoms. The highest BCUT2D eigenvalue weighted by molar-refractivity contribution is 5.92. The number of aryl methyl sites for hydroxylation is 1. The highest BCUT2D eigenvalue weighted by Crippen LogP contribution is 2.45. The lowest BCUT2D eigenvalue weighted by Gasteiger charge is -2.40. The standard InChI is InChI=1S/C24H29N5O/c1-29-20(16-6-8-24(9-7-16)10-12-26-13-11-24)15-19-21(25)27-22(28-23(19)29)17-4-3-5-18(14-17)30-2/h3-6,14-15,26H,7-13H2,1-2H3,(H2,25,27,28). The van der Waals surface area contributed by atoms with E-state index in [1.54, 1.807) is 7.11 Å². The van der Waals surface area contributed by atoms with Crippen molar-refractivity contribution in [3.8, 4) is 17.1 Å². The van der Waals surface area contributed by atoms with Gasteiger partial charge in [0.1, 0.15) is 17.2 Å². The number of anilines is 1. The average molecular weight is 404 g/mol. The maximum atomic E-state index is 6.37. The van der Waals surface area contributed by atoms with E-state index in [0.29, 0.717) is 17.1 Å². The van der Waals surface area contributed by atoms with Crippen LogP contribution in [0, 0.1) is 5.41 Å². The van der Waals surface area contributed by atoms with Gasteiger partial charge in [-0.05, 0) is 74.4 Å². The summed E-state index contributed by atoms with van der Waals surface area (Å²) in [6, 6.07) is 9.93. The van der Waals surface area contributed by atoms with Gasteiger partial charge >= 0.3 is 0 Å². The fraction of sp³-hybridized carbons (Fsp3) is 0.417. The summed E-state index contributed by atoms with van der Waals surface area (Å²) in [6.45, 7) is 2.30. The molecule has 1 spiro atoms. The van der Waals surface area contributed by atoms with E-state index in [4.69, 9.17) is 15.5 Å². The molecule has 6 nitrogen and oxygen atoms in total. The number of nitrogens with one attached hydrogen (secondary N) is 1. The number of benzene rings is 1. The van der Waals surface area contributed by atoms with Crippen molar-refractivity contribution >= 4 is 22.4 Å². The van der Waals surface area contributed by atoms with Gasteiger partial charge in [0.15, 0.2) is 5.82 Å². The molecule has 0 radical (unpaired) electrons. The minimum Gasteiger partial charge on any atom is -0.497 e. The first kappa shape index (κ1) is 19.1. The Morgan fingerprint density at radius 1 is 1.13 bits per heavy atom. The van der Waals surface area contributed by atoms with Crippen LogP contribution in [0.25, 0.3) is 28.0 Å². The Morgan fingerprint density at radius 3 is 2.70 bits per heavy atom. The predicted molar refractivity (Wildman–Crippen MR) is 121 cm³/mol. The molecule has 3 heterocycles. The summed E-state index contributed by atoms with van der Waals surface area (Å²) in [5.41, 5.74) is 11.2. The topological polar surface area (TPSA) is 78.0 Å². The molecule has 3 aromatic rings. The summed E-state index contributed by atoms with van der Waals surface area (Å²) < 4.78 is 7.52. The number of piperidine rings is 1. The van der Waals surface area contributed by atoms with Gasteiger partial charge in [-0.1, -0.05) is 18.2 Å². The molecule has 0 atom stereocenters. The third-order valence-electron chi connectivity index (χ3n) is 6.94. The summed E-state index contributed by atoms with van der Waals surface area (Å²) in [4.78, 5) is 9.45. The number of ether oxygens (including phenoxy) is 1. The van der Waals surface area contributed by atoms with Crippen LogP contribution in [0.2, 0.25) is 0 Å². The van der Waals surface area contributed by atoms with E-state index in [1.165, 1.54) is 37.0 Å². The molecule has 3 N–H and O–H groups in total. The van der Waals surface area contributed by atoms with Gasteiger partial charge in [-0.25, -0.2) is 9.97 Å². The number of rotatable bonds is 3. The van der Waals surface area contributed by atoms with Crippen molar-refractivity contribution < 1.29 is 4.74 Å². The Bertz CT molecular complexity index is 1120. The number of fused-ring (bicyclic) bond motifs is 1. The largest absolute Gasteiger partial charge is 0.497 e. The van der Waals surface area contributed by atoms with Gasteiger partial charge in [-0.3, -0.25) is 0 Å². The van der Waals surface area contributed by atoms with Crippen molar-refractivity contribution in [3.63, 3.8) is 0 Å². The second-order valence-corrected chi connectivity index (χ2v) is 8.67. The highest BCUT2D eigenvalue weighted by Gasteiger charge is 2.34. The van der Waals surface area contributed by atoms with Crippen LogP contribution in [0.3, 0.4) is 0 Å². The van der Waals surface area contributed by atoms with Crippen LogP contribution in [-0.2, 0) is 7.05 Å². The maximum absolute atomic E-state index is 6.37. The average Bonchev–Trinajstić information content (AvgIpc) is 3.12. The third-order valence-corrected chi connectivity index (χ3v) is 6.94. The maximum Gasteiger partial charge on any atom is 0.164 e. The zero-order valence-corrected chi connectivity index (χ0v) is 17.7. The molecule has 0 unspecified atom stereocenters. The lowest BCUT2D eigenvalue weighted by molar-refractivity contribution is 0.184. The zero-order valence-electron chi connectivity index (χ0n) is 17.7. The highest BCUT2D eigenvalue weighted by atomic mass is 16.5. The lowest BCUT2D eigenvalue weighted by atomic mass is 9.69. The Morgan fingerprint density at radius 2 is 1.97 bits per heavy atom. The summed E-state index contributed by atoms with van der Waals surface area (Å²) in [5.74, 6) is 1.92. The SMILES string of the molecule is COc1cccc(-c2nc(N)c3cc(C4=CCC5(CCNCC5)CC4)n(C)c3n2)c1. The summed E-state index contributed by atoms with van der Waals surface area (Å²) >= 11 is 0. The molecule has 1 aliphatic carbocycles. The summed E-state index contributed by atoms with van der Waals surface area (Å²) in [7, 11) is 3.74. The van der Waals surface area contributed by atoms with Gasteiger partial charge in [0, 0.05) is 18.3 Å². The molecule has 1 saturated heterocycles. The number of hydrogen-bond donors (Lipinski definition) is 2. The number of aromatic nitrogens is 3. The molecule has 2 aromatic heterocycles. The molecular formula is C24H29N5O. The van der Waals surface area contributed by atoms with Crippen LogP contribution < -0.4 is 15.8 Å². The van der Waals surface area contributed by atoms with Crippen LogP contribution in [0.5, 0.6) is 5.75 Å². The molecule has 0 saturated carbocycles. The van der Waals surface area contributed by atoms with E-state index >= 15 is 0 Å². The van der Waals surface area contributed by atoms with Crippen LogP contribution in [0.1, 0.15) is 37.8 Å². The fourth-order valence-corrected chi connectivity index (χ4v) is 5.00. The number of allylic oxidation sites excluding steroid dienone is 2. The number of nitrogen functional groups attached to an aromatic ring is 1. The normalized spacial score (nSPS) is 18.5. The Labute approximate surface area is 177 Å². The Hall–Kier alpha value is -2.86. The van der Waals surface area contributed by atoms with Crippen molar-refractivity contribution in [3.05, 3.63) is 42.1 Å². The first-order valence-corrected chi connectivity index (χ1v) is 10.8. The third kappa shape index (κ3) is 3.25. The van der Waals surface area contributed by atoms with E-state index in [1.807, 2.05) is 24.3 Å². The smallest absolute Gasteiger partial charge is 0.164 e. The van der Waals surface area contributed by atoms with Crippen molar-refractivity contribution in [2.24, 2.45) is 12.5 Å². The van der Waals surface area contributed by atoms with Crippen LogP contribution in [0.4, 0.5) is 5.82 Å². The van der Waals surface area contributed by atoms with Crippen molar-refractivity contribution in [1.29, 1.82) is 0 Å². The van der Waals surface area contributed by atoms with Crippen molar-refractivity contribution in [2.45, 2.75) is 32.1 Å². The second kappa shape index (κ2) is 7.43. The lowest BCUT2D eigenvalue weighted by Crippen LogP contribution is -2.37. The van der Waals surface area contributed by atoms with E-state index in [2.05, 4.69) is 34.1 Å². The second-order valence-electron chi connectivity index (χ2n) is 8.67. The molecule has 1 fully saturated rings. The van der Waals surface area contributed by atoms with E-state index in [-0.39, 0.29) is 0 Å². The van der Waals surface area contributed by atoms with Gasteiger partial charge in [0.2, 0.25) is 0 Å². The molecule has 5 rings (SSSR count). The Balaban J connectivity index is 1.52. The number of nitrogens with zero attached hydrogens (tertiary/aromatic N) is 3. The molecule has 30 heavy (non-hydrogen) atoms. The minimum atomic E-state index is 0.498.